The lowest BCUT2D eigenvalue weighted by atomic mass is 10.00. The van der Waals surface area contributed by atoms with Crippen LogP contribution in [-0.4, -0.2) is 18.0 Å². The van der Waals surface area contributed by atoms with Crippen LogP contribution in [0.1, 0.15) is 34.1 Å². The molecule has 4 heteroatoms. The summed E-state index contributed by atoms with van der Waals surface area (Å²) in [6.45, 7) is 2.43. The zero-order valence-corrected chi connectivity index (χ0v) is 15.5. The van der Waals surface area contributed by atoms with E-state index >= 15 is 0 Å². The van der Waals surface area contributed by atoms with Gasteiger partial charge in [-0.15, -0.1) is 0 Å². The van der Waals surface area contributed by atoms with Crippen LogP contribution in [0.15, 0.2) is 72.9 Å². The van der Waals surface area contributed by atoms with Crippen molar-refractivity contribution in [1.82, 2.24) is 10.3 Å². The Balaban J connectivity index is 1.87. The van der Waals surface area contributed by atoms with Crippen LogP contribution < -0.4 is 10.1 Å². The number of allylic oxidation sites excluding steroid dienone is 1. The van der Waals surface area contributed by atoms with Gasteiger partial charge >= 0.3 is 0 Å². The molecule has 0 fully saturated rings. The lowest BCUT2D eigenvalue weighted by Crippen LogP contribution is -2.24. The maximum atomic E-state index is 12.3. The molecule has 0 saturated heterocycles. The highest BCUT2D eigenvalue weighted by Gasteiger charge is 2.11. The van der Waals surface area contributed by atoms with E-state index in [1.165, 1.54) is 0 Å². The number of nitrogens with zero attached hydrogens (tertiary/aromatic N) is 1. The van der Waals surface area contributed by atoms with Crippen LogP contribution >= 0.6 is 0 Å². The van der Waals surface area contributed by atoms with E-state index in [-0.39, 0.29) is 5.91 Å². The number of methoxy groups -OCH3 is 1. The van der Waals surface area contributed by atoms with E-state index in [1.54, 1.807) is 31.5 Å². The summed E-state index contributed by atoms with van der Waals surface area (Å²) in [5.41, 5.74) is 4.63. The normalized spacial score (nSPS) is 11.1. The van der Waals surface area contributed by atoms with Crippen molar-refractivity contribution in [2.24, 2.45) is 0 Å². The van der Waals surface area contributed by atoms with Crippen molar-refractivity contribution in [3.05, 3.63) is 95.3 Å². The van der Waals surface area contributed by atoms with Crippen molar-refractivity contribution in [3.63, 3.8) is 0 Å². The maximum Gasteiger partial charge on any atom is 0.270 e. The van der Waals surface area contributed by atoms with Gasteiger partial charge in [0.15, 0.2) is 0 Å². The van der Waals surface area contributed by atoms with Gasteiger partial charge in [0.1, 0.15) is 11.4 Å². The molecule has 1 amide bonds. The lowest BCUT2D eigenvalue weighted by molar-refractivity contribution is 0.0945. The van der Waals surface area contributed by atoms with Crippen molar-refractivity contribution in [3.8, 4) is 5.75 Å². The molecule has 3 rings (SSSR count). The molecule has 136 valence electrons. The highest BCUT2D eigenvalue weighted by Crippen LogP contribution is 2.26. The third kappa shape index (κ3) is 4.61. The molecule has 0 atom stereocenters. The van der Waals surface area contributed by atoms with E-state index in [0.29, 0.717) is 12.2 Å². The van der Waals surface area contributed by atoms with Crippen LogP contribution in [-0.2, 0) is 6.54 Å². The van der Waals surface area contributed by atoms with Gasteiger partial charge in [-0.05, 0) is 41.8 Å². The number of aromatic nitrogens is 1. The van der Waals surface area contributed by atoms with Gasteiger partial charge in [0.05, 0.1) is 7.11 Å². The molecule has 4 nitrogen and oxygen atoms in total. The first-order valence-electron chi connectivity index (χ1n) is 8.78. The van der Waals surface area contributed by atoms with Gasteiger partial charge in [0, 0.05) is 18.3 Å². The van der Waals surface area contributed by atoms with E-state index in [0.717, 1.165) is 28.0 Å². The molecule has 0 aliphatic carbocycles. The second-order valence-corrected chi connectivity index (χ2v) is 6.12. The number of hydrogen-bond acceptors (Lipinski definition) is 3. The number of rotatable bonds is 6. The predicted molar refractivity (Wildman–Crippen MR) is 108 cm³/mol. The van der Waals surface area contributed by atoms with E-state index in [2.05, 4.69) is 35.4 Å². The van der Waals surface area contributed by atoms with Crippen molar-refractivity contribution < 1.29 is 9.53 Å². The second kappa shape index (κ2) is 8.81. The van der Waals surface area contributed by atoms with Crippen LogP contribution in [0.2, 0.25) is 0 Å². The van der Waals surface area contributed by atoms with Crippen molar-refractivity contribution in [1.29, 1.82) is 0 Å². The average molecular weight is 358 g/mol. The zero-order valence-electron chi connectivity index (χ0n) is 15.5. The summed E-state index contributed by atoms with van der Waals surface area (Å²) in [5.74, 6) is 0.530. The minimum atomic E-state index is -0.212. The Kier molecular flexibility index (Phi) is 6.00. The fraction of sp³-hybridized carbons (Fsp3) is 0.130. The molecular weight excluding hydrogens is 336 g/mol. The Morgan fingerprint density at radius 3 is 2.52 bits per heavy atom. The largest absolute Gasteiger partial charge is 0.496 e. The first-order valence-corrected chi connectivity index (χ1v) is 8.78. The molecule has 27 heavy (non-hydrogen) atoms. The fourth-order valence-corrected chi connectivity index (χ4v) is 2.87. The molecule has 0 saturated carbocycles. The fourth-order valence-electron chi connectivity index (χ4n) is 2.87. The Hall–Kier alpha value is -3.40. The number of benzene rings is 2. The topological polar surface area (TPSA) is 51.2 Å². The van der Waals surface area contributed by atoms with Gasteiger partial charge in [-0.3, -0.25) is 9.78 Å². The molecule has 0 radical (unpaired) electrons. The van der Waals surface area contributed by atoms with Gasteiger partial charge in [-0.2, -0.15) is 0 Å². The molecule has 2 aromatic carbocycles. The number of pyridine rings is 1. The minimum absolute atomic E-state index is 0.212. The van der Waals surface area contributed by atoms with Crippen LogP contribution in [0.5, 0.6) is 5.75 Å². The average Bonchev–Trinajstić information content (AvgIpc) is 2.73. The number of amides is 1. The smallest absolute Gasteiger partial charge is 0.270 e. The number of carbonyl (C=O) groups excluding carboxylic acids is 1. The Bertz CT molecular complexity index is 935. The first kappa shape index (κ1) is 18.4. The summed E-state index contributed by atoms with van der Waals surface area (Å²) < 4.78 is 5.52. The van der Waals surface area contributed by atoms with Gasteiger partial charge in [0.2, 0.25) is 0 Å². The summed E-state index contributed by atoms with van der Waals surface area (Å²) in [6, 6.07) is 21.3. The quantitative estimate of drug-likeness (QED) is 0.656. The number of ether oxygens (including phenoxy) is 1. The summed E-state index contributed by atoms with van der Waals surface area (Å²) in [6.07, 6.45) is 3.72. The third-order valence-electron chi connectivity index (χ3n) is 4.31. The molecule has 0 spiro atoms. The number of carbonyl (C=O) groups is 1. The van der Waals surface area contributed by atoms with Crippen molar-refractivity contribution in [2.75, 3.05) is 7.11 Å². The zero-order chi connectivity index (χ0) is 19.1. The van der Waals surface area contributed by atoms with E-state index in [1.807, 2.05) is 36.4 Å². The monoisotopic (exact) mass is 358 g/mol. The standard InChI is InChI=1S/C23H22N2O2/c1-17(18-9-4-3-5-10-18)15-19-11-8-13-22(27-2)20(19)16-25-23(26)21-12-6-7-14-24-21/h3-15H,16H2,1-2H3,(H,25,26)/b17-15+. The summed E-state index contributed by atoms with van der Waals surface area (Å²) in [4.78, 5) is 16.4. The van der Waals surface area contributed by atoms with Gasteiger partial charge in [-0.1, -0.05) is 54.6 Å². The van der Waals surface area contributed by atoms with E-state index < -0.39 is 0 Å². The molecule has 3 aromatic rings. The highest BCUT2D eigenvalue weighted by atomic mass is 16.5. The molecule has 0 aliphatic rings. The maximum absolute atomic E-state index is 12.3. The second-order valence-electron chi connectivity index (χ2n) is 6.12. The number of hydrogen-bond donors (Lipinski definition) is 1. The van der Waals surface area contributed by atoms with Crippen LogP contribution in [0, 0.1) is 0 Å². The van der Waals surface area contributed by atoms with Crippen molar-refractivity contribution >= 4 is 17.6 Å². The SMILES string of the molecule is COc1cccc(/C=C(\C)c2ccccc2)c1CNC(=O)c1ccccn1. The molecule has 1 heterocycles. The molecule has 0 unspecified atom stereocenters. The molecule has 1 aromatic heterocycles. The molecule has 1 N–H and O–H groups in total. The van der Waals surface area contributed by atoms with Crippen LogP contribution in [0.3, 0.4) is 0 Å². The van der Waals surface area contributed by atoms with Gasteiger partial charge in [0.25, 0.3) is 5.91 Å². The minimum Gasteiger partial charge on any atom is -0.496 e. The summed E-state index contributed by atoms with van der Waals surface area (Å²) in [5, 5.41) is 2.93. The highest BCUT2D eigenvalue weighted by molar-refractivity contribution is 5.92. The van der Waals surface area contributed by atoms with Gasteiger partial charge < -0.3 is 10.1 Å². The molecule has 0 aliphatic heterocycles. The van der Waals surface area contributed by atoms with Crippen LogP contribution in [0.4, 0.5) is 0 Å². The Morgan fingerprint density at radius 1 is 1.04 bits per heavy atom. The van der Waals surface area contributed by atoms with E-state index in [9.17, 15) is 4.79 Å². The summed E-state index contributed by atoms with van der Waals surface area (Å²) >= 11 is 0. The molecular formula is C23H22N2O2. The predicted octanol–water partition coefficient (Wildman–Crippen LogP) is 4.58. The van der Waals surface area contributed by atoms with Gasteiger partial charge in [-0.25, -0.2) is 0 Å². The van der Waals surface area contributed by atoms with Crippen LogP contribution in [0.25, 0.3) is 11.6 Å². The summed E-state index contributed by atoms with van der Waals surface area (Å²) in [7, 11) is 1.64. The first-order chi connectivity index (χ1) is 13.2. The molecule has 0 bridgehead atoms. The number of nitrogens with one attached hydrogen (secondary N) is 1. The van der Waals surface area contributed by atoms with Crippen molar-refractivity contribution in [2.45, 2.75) is 13.5 Å². The van der Waals surface area contributed by atoms with E-state index in [4.69, 9.17) is 4.74 Å². The third-order valence-corrected chi connectivity index (χ3v) is 4.31. The lowest BCUT2D eigenvalue weighted by Gasteiger charge is -2.14. The Labute approximate surface area is 159 Å². The Morgan fingerprint density at radius 2 is 1.81 bits per heavy atom.